The molecular formula is C16H16ClN3O3S. The van der Waals surface area contributed by atoms with Crippen molar-refractivity contribution >= 4 is 48.8 Å². The van der Waals surface area contributed by atoms with Crippen LogP contribution in [0.3, 0.4) is 0 Å². The summed E-state index contributed by atoms with van der Waals surface area (Å²) in [6, 6.07) is 12.1. The minimum absolute atomic E-state index is 0. The lowest BCUT2D eigenvalue weighted by atomic mass is 10.1. The molecule has 0 unspecified atom stereocenters. The van der Waals surface area contributed by atoms with Crippen LogP contribution in [-0.4, -0.2) is 17.8 Å². The molecule has 0 aliphatic heterocycles. The first-order chi connectivity index (χ1) is 10.9. The Labute approximate surface area is 151 Å². The molecule has 0 saturated heterocycles. The standard InChI is InChI=1S/C16H15N3O3S.ClH/c1-10-2-4-12(5-3-10)15(21)18-16(22)19(23)13-8-6-11(7-9-13)14(17)20;/h2-9,23H,1H3,(H2,17,20)(H,18,21,22);1H. The van der Waals surface area contributed by atoms with E-state index >= 15 is 0 Å². The van der Waals surface area contributed by atoms with E-state index in [1.54, 1.807) is 24.3 Å². The van der Waals surface area contributed by atoms with Gasteiger partial charge in [0, 0.05) is 11.1 Å². The van der Waals surface area contributed by atoms with Crippen LogP contribution in [0, 0.1) is 6.92 Å². The van der Waals surface area contributed by atoms with E-state index in [2.05, 4.69) is 18.1 Å². The quantitative estimate of drug-likeness (QED) is 0.730. The maximum atomic E-state index is 12.0. The highest BCUT2D eigenvalue weighted by Gasteiger charge is 2.16. The fourth-order valence-corrected chi connectivity index (χ4v) is 1.99. The lowest BCUT2D eigenvalue weighted by Gasteiger charge is -2.16. The third-order valence-corrected chi connectivity index (χ3v) is 3.54. The zero-order chi connectivity index (χ0) is 17.0. The molecule has 0 atom stereocenters. The number of thiol groups is 1. The van der Waals surface area contributed by atoms with Crippen molar-refractivity contribution in [3.8, 4) is 0 Å². The van der Waals surface area contributed by atoms with Crippen molar-refractivity contribution in [3.05, 3.63) is 65.2 Å². The molecule has 0 heterocycles. The Morgan fingerprint density at radius 3 is 1.96 bits per heavy atom. The van der Waals surface area contributed by atoms with E-state index in [1.807, 2.05) is 6.92 Å². The Bertz CT molecular complexity index is 748. The molecule has 0 aliphatic rings. The molecule has 6 nitrogen and oxygen atoms in total. The Kier molecular flexibility index (Phi) is 6.82. The first kappa shape index (κ1) is 19.5. The number of nitrogens with one attached hydrogen (secondary N) is 1. The molecule has 0 spiro atoms. The Morgan fingerprint density at radius 2 is 1.46 bits per heavy atom. The van der Waals surface area contributed by atoms with Crippen molar-refractivity contribution < 1.29 is 14.4 Å². The maximum absolute atomic E-state index is 12.0. The fraction of sp³-hybridized carbons (Fsp3) is 0.0625. The topological polar surface area (TPSA) is 92.5 Å². The number of benzene rings is 2. The molecule has 0 radical (unpaired) electrons. The van der Waals surface area contributed by atoms with Gasteiger partial charge in [0.25, 0.3) is 5.91 Å². The SMILES string of the molecule is Cc1ccc(C(=O)NC(=O)N(S)c2ccc(C(N)=O)cc2)cc1.Cl. The van der Waals surface area contributed by atoms with Gasteiger partial charge in [-0.1, -0.05) is 30.5 Å². The van der Waals surface area contributed by atoms with Crippen LogP contribution in [-0.2, 0) is 0 Å². The maximum Gasteiger partial charge on any atom is 0.338 e. The first-order valence-electron chi connectivity index (χ1n) is 6.69. The summed E-state index contributed by atoms with van der Waals surface area (Å²) in [5.74, 6) is -1.09. The summed E-state index contributed by atoms with van der Waals surface area (Å²) in [5.41, 5.74) is 7.24. The van der Waals surface area contributed by atoms with Gasteiger partial charge in [-0.05, 0) is 43.3 Å². The van der Waals surface area contributed by atoms with Crippen LogP contribution >= 0.6 is 25.2 Å². The zero-order valence-corrected chi connectivity index (χ0v) is 14.4. The number of carbonyl (C=O) groups excluding carboxylic acids is 3. The number of aryl methyl sites for hydroxylation is 1. The number of nitrogens with zero attached hydrogens (tertiary/aromatic N) is 1. The number of anilines is 1. The highest BCUT2D eigenvalue weighted by molar-refractivity contribution is 7.82. The number of rotatable bonds is 3. The summed E-state index contributed by atoms with van der Waals surface area (Å²) in [6.45, 7) is 1.90. The highest BCUT2D eigenvalue weighted by Crippen LogP contribution is 2.17. The van der Waals surface area contributed by atoms with Gasteiger partial charge in [0.2, 0.25) is 5.91 Å². The highest BCUT2D eigenvalue weighted by atomic mass is 35.5. The van der Waals surface area contributed by atoms with Gasteiger partial charge < -0.3 is 5.73 Å². The largest absolute Gasteiger partial charge is 0.366 e. The van der Waals surface area contributed by atoms with E-state index in [9.17, 15) is 14.4 Å². The molecule has 3 N–H and O–H groups in total. The number of primary amides is 1. The number of hydrogen-bond acceptors (Lipinski definition) is 4. The average molecular weight is 366 g/mol. The van der Waals surface area contributed by atoms with Crippen molar-refractivity contribution in [2.24, 2.45) is 5.73 Å². The third-order valence-electron chi connectivity index (χ3n) is 3.12. The van der Waals surface area contributed by atoms with Crippen molar-refractivity contribution in [2.45, 2.75) is 6.92 Å². The predicted molar refractivity (Wildman–Crippen MR) is 97.7 cm³/mol. The van der Waals surface area contributed by atoms with E-state index in [-0.39, 0.29) is 12.4 Å². The summed E-state index contributed by atoms with van der Waals surface area (Å²) in [6.07, 6.45) is 0. The summed E-state index contributed by atoms with van der Waals surface area (Å²) in [5, 5.41) is 2.23. The van der Waals surface area contributed by atoms with Crippen LogP contribution in [0.2, 0.25) is 0 Å². The molecular weight excluding hydrogens is 350 g/mol. The molecule has 0 aromatic heterocycles. The molecule has 2 aromatic rings. The van der Waals surface area contributed by atoms with Crippen LogP contribution < -0.4 is 15.4 Å². The van der Waals surface area contributed by atoms with Crippen LogP contribution in [0.15, 0.2) is 48.5 Å². The molecule has 2 rings (SSSR count). The van der Waals surface area contributed by atoms with Crippen LogP contribution in [0.1, 0.15) is 26.3 Å². The summed E-state index contributed by atoms with van der Waals surface area (Å²) in [7, 11) is 0. The second-order valence-electron chi connectivity index (χ2n) is 4.85. The monoisotopic (exact) mass is 365 g/mol. The van der Waals surface area contributed by atoms with Gasteiger partial charge >= 0.3 is 6.03 Å². The number of nitrogens with two attached hydrogens (primary N) is 1. The Hall–Kier alpha value is -2.51. The Morgan fingerprint density at radius 1 is 0.958 bits per heavy atom. The summed E-state index contributed by atoms with van der Waals surface area (Å²) in [4.78, 5) is 35.0. The molecule has 2 aromatic carbocycles. The van der Waals surface area contributed by atoms with E-state index in [1.165, 1.54) is 24.3 Å². The van der Waals surface area contributed by atoms with Gasteiger partial charge in [0.1, 0.15) is 0 Å². The second kappa shape index (κ2) is 8.37. The van der Waals surface area contributed by atoms with Gasteiger partial charge in [-0.15, -0.1) is 12.4 Å². The van der Waals surface area contributed by atoms with Gasteiger partial charge in [-0.2, -0.15) is 0 Å². The average Bonchev–Trinajstić information content (AvgIpc) is 2.54. The van der Waals surface area contributed by atoms with Crippen molar-refractivity contribution in [1.82, 2.24) is 5.32 Å². The lowest BCUT2D eigenvalue weighted by molar-refractivity contribution is 0.0964. The smallest absolute Gasteiger partial charge is 0.338 e. The number of carbonyl (C=O) groups is 3. The molecule has 8 heteroatoms. The van der Waals surface area contributed by atoms with Gasteiger partial charge in [-0.25, -0.2) is 9.10 Å². The van der Waals surface area contributed by atoms with Crippen LogP contribution in [0.25, 0.3) is 0 Å². The molecule has 0 aliphatic carbocycles. The van der Waals surface area contributed by atoms with E-state index in [4.69, 9.17) is 5.73 Å². The van der Waals surface area contributed by atoms with Gasteiger partial charge in [0.15, 0.2) is 0 Å². The van der Waals surface area contributed by atoms with Crippen molar-refractivity contribution in [3.63, 3.8) is 0 Å². The normalized spacial score (nSPS) is 9.58. The minimum atomic E-state index is -0.703. The number of halogens is 1. The van der Waals surface area contributed by atoms with Crippen molar-refractivity contribution in [1.29, 1.82) is 0 Å². The Balaban J connectivity index is 0.00000288. The molecule has 24 heavy (non-hydrogen) atoms. The third kappa shape index (κ3) is 4.74. The van der Waals surface area contributed by atoms with Gasteiger partial charge in [-0.3, -0.25) is 14.9 Å². The van der Waals surface area contributed by atoms with E-state index < -0.39 is 17.8 Å². The van der Waals surface area contributed by atoms with Gasteiger partial charge in [0.05, 0.1) is 5.69 Å². The number of hydrogen-bond donors (Lipinski definition) is 3. The second-order valence-corrected chi connectivity index (χ2v) is 5.25. The molecule has 126 valence electrons. The van der Waals surface area contributed by atoms with Crippen LogP contribution in [0.4, 0.5) is 10.5 Å². The molecule has 0 saturated carbocycles. The van der Waals surface area contributed by atoms with E-state index in [0.717, 1.165) is 9.87 Å². The number of imide groups is 1. The first-order valence-corrected chi connectivity index (χ1v) is 7.09. The molecule has 0 fully saturated rings. The summed E-state index contributed by atoms with van der Waals surface area (Å²) < 4.78 is 0.969. The minimum Gasteiger partial charge on any atom is -0.366 e. The fourth-order valence-electron chi connectivity index (χ4n) is 1.81. The van der Waals surface area contributed by atoms with Crippen molar-refractivity contribution in [2.75, 3.05) is 4.31 Å². The molecule has 4 amide bonds. The zero-order valence-electron chi connectivity index (χ0n) is 12.7. The van der Waals surface area contributed by atoms with E-state index in [0.29, 0.717) is 16.8 Å². The predicted octanol–water partition coefficient (Wildman–Crippen LogP) is 2.72. The number of urea groups is 1. The molecule has 0 bridgehead atoms. The summed E-state index contributed by atoms with van der Waals surface area (Å²) >= 11 is 4.06. The van der Waals surface area contributed by atoms with Crippen LogP contribution in [0.5, 0.6) is 0 Å². The lowest BCUT2D eigenvalue weighted by Crippen LogP contribution is -2.38. The number of amides is 4.